The zero-order chi connectivity index (χ0) is 31.0. The third kappa shape index (κ3) is 10.2. The van der Waals surface area contributed by atoms with E-state index in [1.807, 2.05) is 49.4 Å². The first-order chi connectivity index (χ1) is 20.9. The summed E-state index contributed by atoms with van der Waals surface area (Å²) in [6.45, 7) is 7.99. The van der Waals surface area contributed by atoms with Crippen LogP contribution < -0.4 is 20.1 Å². The average Bonchev–Trinajstić information content (AvgIpc) is 3.02. The Morgan fingerprint density at radius 1 is 0.674 bits per heavy atom. The van der Waals surface area contributed by atoms with Gasteiger partial charge in [-0.25, -0.2) is 9.59 Å². The number of nitrogens with one attached hydrogen (secondary N) is 2. The molecule has 0 aliphatic heterocycles. The molecule has 0 heterocycles. The molecule has 2 N–H and O–H groups in total. The number of carbonyl (C=O) groups is 2. The van der Waals surface area contributed by atoms with Crippen LogP contribution in [-0.4, -0.2) is 78.1 Å². The van der Waals surface area contributed by atoms with Crippen LogP contribution in [0.5, 0.6) is 11.5 Å². The van der Waals surface area contributed by atoms with Gasteiger partial charge in [0.2, 0.25) is 0 Å². The van der Waals surface area contributed by atoms with Gasteiger partial charge in [0.1, 0.15) is 24.7 Å². The maximum atomic E-state index is 12.0. The van der Waals surface area contributed by atoms with Crippen LogP contribution in [-0.2, 0) is 18.9 Å². The smallest absolute Gasteiger partial charge is 0.407 e. The Balaban J connectivity index is 1.94. The number of rotatable bonds is 18. The number of aryl methyl sites for hydroxylation is 1. The lowest BCUT2D eigenvalue weighted by atomic mass is 9.99. The first-order valence-corrected chi connectivity index (χ1v) is 15.0. The van der Waals surface area contributed by atoms with E-state index in [-0.39, 0.29) is 26.4 Å². The van der Waals surface area contributed by atoms with Gasteiger partial charge in [0.05, 0.1) is 13.2 Å². The molecule has 10 nitrogen and oxygen atoms in total. The fraction of sp³-hybridized carbons (Fsp3) is 0.515. The number of benzene rings is 3. The second-order valence-electron chi connectivity index (χ2n) is 10.3. The molecule has 0 aliphatic rings. The summed E-state index contributed by atoms with van der Waals surface area (Å²) in [5.41, 5.74) is 1.05. The molecule has 0 bridgehead atoms. The molecule has 43 heavy (non-hydrogen) atoms. The maximum Gasteiger partial charge on any atom is 0.407 e. The molecule has 3 aromatic carbocycles. The van der Waals surface area contributed by atoms with E-state index in [1.54, 1.807) is 0 Å². The summed E-state index contributed by atoms with van der Waals surface area (Å²) in [6.07, 6.45) is 1.54. The fourth-order valence-electron chi connectivity index (χ4n) is 4.45. The Morgan fingerprint density at radius 2 is 1.14 bits per heavy atom. The highest BCUT2D eigenvalue weighted by Crippen LogP contribution is 2.43. The van der Waals surface area contributed by atoms with Crippen molar-refractivity contribution in [2.24, 2.45) is 0 Å². The second-order valence-corrected chi connectivity index (χ2v) is 10.3. The molecular weight excluding hydrogens is 552 g/mol. The van der Waals surface area contributed by atoms with E-state index in [9.17, 15) is 9.59 Å². The van der Waals surface area contributed by atoms with Crippen molar-refractivity contribution in [1.82, 2.24) is 10.6 Å². The van der Waals surface area contributed by atoms with Gasteiger partial charge in [0, 0.05) is 48.9 Å². The summed E-state index contributed by atoms with van der Waals surface area (Å²) in [4.78, 5) is 24.1. The van der Waals surface area contributed by atoms with Crippen molar-refractivity contribution in [1.29, 1.82) is 0 Å². The number of hydrogen-bond donors (Lipinski definition) is 2. The Labute approximate surface area is 254 Å². The van der Waals surface area contributed by atoms with Crippen molar-refractivity contribution >= 4 is 33.7 Å². The van der Waals surface area contributed by atoms with Gasteiger partial charge in [-0.05, 0) is 25.8 Å². The molecule has 0 spiro atoms. The molecule has 0 fully saturated rings. The van der Waals surface area contributed by atoms with E-state index < -0.39 is 24.4 Å². The van der Waals surface area contributed by atoms with E-state index in [4.69, 9.17) is 28.4 Å². The van der Waals surface area contributed by atoms with Crippen LogP contribution in [0, 0.1) is 6.92 Å². The van der Waals surface area contributed by atoms with Gasteiger partial charge in [-0.2, -0.15) is 0 Å². The number of alkyl carbamates (subject to hydrolysis) is 2. The maximum absolute atomic E-state index is 12.0. The topological polar surface area (TPSA) is 114 Å². The predicted molar refractivity (Wildman–Crippen MR) is 167 cm³/mol. The fourth-order valence-corrected chi connectivity index (χ4v) is 4.45. The molecule has 10 heteroatoms. The largest absolute Gasteiger partial charge is 0.488 e. The quantitative estimate of drug-likeness (QED) is 0.133. The molecule has 3 rings (SSSR count). The number of carbonyl (C=O) groups excluding carboxylic acids is 2. The number of unbranched alkanes of at least 4 members (excludes halogenated alkanes) is 2. The first-order valence-electron chi connectivity index (χ1n) is 15.0. The van der Waals surface area contributed by atoms with Crippen molar-refractivity contribution < 1.29 is 38.0 Å². The number of fused-ring (bicyclic) bond motifs is 2. The van der Waals surface area contributed by atoms with Crippen LogP contribution in [0.15, 0.2) is 42.5 Å². The molecule has 0 saturated carbocycles. The molecule has 0 aromatic heterocycles. The number of ether oxygens (including phenoxy) is 6. The summed E-state index contributed by atoms with van der Waals surface area (Å²) < 4.78 is 35.5. The van der Waals surface area contributed by atoms with Gasteiger partial charge in [-0.1, -0.05) is 68.7 Å². The van der Waals surface area contributed by atoms with Gasteiger partial charge in [-0.15, -0.1) is 0 Å². The normalized spacial score (nSPS) is 12.5. The third-order valence-corrected chi connectivity index (χ3v) is 6.76. The Morgan fingerprint density at radius 3 is 1.60 bits per heavy atom. The minimum atomic E-state index is -0.610. The van der Waals surface area contributed by atoms with Crippen LogP contribution in [0.4, 0.5) is 9.59 Å². The van der Waals surface area contributed by atoms with Crippen molar-refractivity contribution in [3.63, 3.8) is 0 Å². The Kier molecular flexibility index (Phi) is 14.1. The predicted octanol–water partition coefficient (Wildman–Crippen LogP) is 6.14. The van der Waals surface area contributed by atoms with Crippen LogP contribution in [0.3, 0.4) is 0 Å². The molecule has 0 aliphatic carbocycles. The summed E-state index contributed by atoms with van der Waals surface area (Å²) in [5, 5.41) is 8.35. The SMILES string of the molecule is CCCCOCC(COc1c2ccccc2c(OCC(COCCCC)OC(=O)NC)c2cc(C)ccc12)OC(=O)NC. The van der Waals surface area contributed by atoms with Crippen molar-refractivity contribution in [3.8, 4) is 11.5 Å². The minimum absolute atomic E-state index is 0.101. The van der Waals surface area contributed by atoms with E-state index in [0.717, 1.165) is 52.8 Å². The summed E-state index contributed by atoms with van der Waals surface area (Å²) in [5.74, 6) is 1.31. The van der Waals surface area contributed by atoms with E-state index >= 15 is 0 Å². The highest BCUT2D eigenvalue weighted by atomic mass is 16.6. The second kappa shape index (κ2) is 18.0. The van der Waals surface area contributed by atoms with Gasteiger partial charge in [0.25, 0.3) is 0 Å². The Hall–Kier alpha value is -3.76. The summed E-state index contributed by atoms with van der Waals surface area (Å²) in [6, 6.07) is 13.9. The molecule has 2 atom stereocenters. The molecule has 3 aromatic rings. The van der Waals surface area contributed by atoms with Crippen molar-refractivity contribution in [2.45, 2.75) is 58.7 Å². The standard InChI is InChI=1S/C33H46N2O8/c1-6-8-16-38-19-24(42-32(36)34-4)21-40-30-26-12-10-11-13-27(26)31(29-18-23(3)14-15-28(29)30)41-22-25(43-33(37)35-5)20-39-17-9-7-2/h10-15,18,24-25H,6-9,16-17,19-22H2,1-5H3,(H,34,36)(H,35,37). The van der Waals surface area contributed by atoms with Gasteiger partial charge in [-0.3, -0.25) is 0 Å². The molecule has 0 saturated heterocycles. The van der Waals surface area contributed by atoms with E-state index in [0.29, 0.717) is 24.7 Å². The third-order valence-electron chi connectivity index (χ3n) is 6.76. The molecule has 2 unspecified atom stereocenters. The average molecular weight is 599 g/mol. The molecule has 2 amide bonds. The highest BCUT2D eigenvalue weighted by molar-refractivity contribution is 6.11. The van der Waals surface area contributed by atoms with Crippen LogP contribution in [0.25, 0.3) is 21.5 Å². The summed E-state index contributed by atoms with van der Waals surface area (Å²) in [7, 11) is 3.03. The molecular formula is C33H46N2O8. The summed E-state index contributed by atoms with van der Waals surface area (Å²) >= 11 is 0. The molecule has 0 radical (unpaired) electrons. The number of amides is 2. The minimum Gasteiger partial charge on any atom is -0.488 e. The lowest BCUT2D eigenvalue weighted by Crippen LogP contribution is -2.34. The van der Waals surface area contributed by atoms with Crippen molar-refractivity contribution in [3.05, 3.63) is 48.0 Å². The lowest BCUT2D eigenvalue weighted by molar-refractivity contribution is -0.00163. The first kappa shape index (κ1) is 33.7. The van der Waals surface area contributed by atoms with Crippen LogP contribution in [0.1, 0.15) is 45.1 Å². The number of hydrogen-bond acceptors (Lipinski definition) is 8. The lowest BCUT2D eigenvalue weighted by Gasteiger charge is -2.23. The van der Waals surface area contributed by atoms with Gasteiger partial charge >= 0.3 is 12.2 Å². The van der Waals surface area contributed by atoms with Crippen LogP contribution >= 0.6 is 0 Å². The van der Waals surface area contributed by atoms with E-state index in [2.05, 4.69) is 24.5 Å². The zero-order valence-electron chi connectivity index (χ0n) is 26.0. The molecule has 236 valence electrons. The van der Waals surface area contributed by atoms with Crippen LogP contribution in [0.2, 0.25) is 0 Å². The van der Waals surface area contributed by atoms with Crippen molar-refractivity contribution in [2.75, 3.05) is 53.7 Å². The monoisotopic (exact) mass is 598 g/mol. The van der Waals surface area contributed by atoms with E-state index in [1.165, 1.54) is 14.1 Å². The zero-order valence-corrected chi connectivity index (χ0v) is 26.0. The van der Waals surface area contributed by atoms with Gasteiger partial charge < -0.3 is 39.1 Å². The highest BCUT2D eigenvalue weighted by Gasteiger charge is 2.22. The van der Waals surface area contributed by atoms with Gasteiger partial charge in [0.15, 0.2) is 12.2 Å². The Bertz CT molecular complexity index is 1320.